The molecular formula is C15H21BrN4. The number of rotatable bonds is 5. The van der Waals surface area contributed by atoms with E-state index in [-0.39, 0.29) is 0 Å². The Hall–Kier alpha value is -1.33. The molecule has 0 amide bonds. The van der Waals surface area contributed by atoms with Crippen molar-refractivity contribution in [2.24, 2.45) is 7.05 Å². The maximum atomic E-state index is 4.39. The third-order valence-electron chi connectivity index (χ3n) is 3.60. The highest BCUT2D eigenvalue weighted by Gasteiger charge is 2.14. The second kappa shape index (κ2) is 6.41. The fraction of sp³-hybridized carbons (Fsp3) is 0.400. The normalized spacial score (nSPS) is 12.4. The fourth-order valence-electron chi connectivity index (χ4n) is 2.22. The van der Waals surface area contributed by atoms with Crippen LogP contribution in [0.15, 0.2) is 35.1 Å². The Morgan fingerprint density at radius 3 is 2.80 bits per heavy atom. The average Bonchev–Trinajstić information content (AvgIpc) is 2.83. The van der Waals surface area contributed by atoms with E-state index in [2.05, 4.69) is 67.9 Å². The minimum absolute atomic E-state index is 0.307. The zero-order valence-electron chi connectivity index (χ0n) is 12.4. The highest BCUT2D eigenvalue weighted by molar-refractivity contribution is 9.10. The van der Waals surface area contributed by atoms with Crippen molar-refractivity contribution in [1.82, 2.24) is 14.9 Å². The maximum Gasteiger partial charge on any atom is 0.127 e. The molecule has 2 aromatic rings. The average molecular weight is 337 g/mol. The van der Waals surface area contributed by atoms with Gasteiger partial charge < -0.3 is 14.8 Å². The Labute approximate surface area is 128 Å². The number of imidazole rings is 1. The lowest BCUT2D eigenvalue weighted by atomic mass is 10.1. The van der Waals surface area contributed by atoms with E-state index < -0.39 is 0 Å². The molecule has 4 nitrogen and oxygen atoms in total. The van der Waals surface area contributed by atoms with Crippen molar-refractivity contribution in [1.29, 1.82) is 0 Å². The summed E-state index contributed by atoms with van der Waals surface area (Å²) in [6.45, 7) is 2.95. The molecule has 1 heterocycles. The van der Waals surface area contributed by atoms with Crippen LogP contribution in [0.5, 0.6) is 0 Å². The lowest BCUT2D eigenvalue weighted by Gasteiger charge is -2.25. The summed E-state index contributed by atoms with van der Waals surface area (Å²) in [4.78, 5) is 6.62. The van der Waals surface area contributed by atoms with Crippen molar-refractivity contribution >= 4 is 21.6 Å². The molecule has 1 unspecified atom stereocenters. The molecule has 5 heteroatoms. The number of nitrogens with one attached hydrogen (secondary N) is 1. The van der Waals surface area contributed by atoms with Crippen LogP contribution in [0.1, 0.15) is 24.4 Å². The summed E-state index contributed by atoms with van der Waals surface area (Å²) >= 11 is 3.56. The molecule has 108 valence electrons. The molecule has 1 aromatic heterocycles. The lowest BCUT2D eigenvalue weighted by molar-refractivity contribution is 0.647. The first-order valence-electron chi connectivity index (χ1n) is 6.67. The van der Waals surface area contributed by atoms with Crippen LogP contribution in [0, 0.1) is 0 Å². The first kappa shape index (κ1) is 15.1. The molecular weight excluding hydrogens is 316 g/mol. The molecule has 1 aromatic carbocycles. The number of aromatic nitrogens is 2. The van der Waals surface area contributed by atoms with Crippen molar-refractivity contribution in [3.05, 3.63) is 46.5 Å². The van der Waals surface area contributed by atoms with Crippen LogP contribution in [0.25, 0.3) is 0 Å². The van der Waals surface area contributed by atoms with Crippen LogP contribution in [-0.2, 0) is 13.6 Å². The maximum absolute atomic E-state index is 4.39. The summed E-state index contributed by atoms with van der Waals surface area (Å²) in [5.41, 5.74) is 2.50. The van der Waals surface area contributed by atoms with Gasteiger partial charge in [0.05, 0.1) is 6.54 Å². The van der Waals surface area contributed by atoms with Gasteiger partial charge in [0.2, 0.25) is 0 Å². The predicted octanol–water partition coefficient (Wildman–Crippen LogP) is 3.10. The first-order chi connectivity index (χ1) is 9.52. The van der Waals surface area contributed by atoms with Gasteiger partial charge in [-0.05, 0) is 31.7 Å². The van der Waals surface area contributed by atoms with Crippen LogP contribution in [0.4, 0.5) is 5.69 Å². The van der Waals surface area contributed by atoms with E-state index in [1.54, 1.807) is 0 Å². The largest absolute Gasteiger partial charge is 0.367 e. The van der Waals surface area contributed by atoms with Crippen molar-refractivity contribution in [3.8, 4) is 0 Å². The number of nitrogens with zero attached hydrogens (tertiary/aromatic N) is 3. The summed E-state index contributed by atoms with van der Waals surface area (Å²) in [6.07, 6.45) is 3.81. The van der Waals surface area contributed by atoms with Crippen LogP contribution < -0.4 is 10.2 Å². The van der Waals surface area contributed by atoms with Crippen molar-refractivity contribution in [2.75, 3.05) is 19.0 Å². The number of benzene rings is 1. The lowest BCUT2D eigenvalue weighted by Crippen LogP contribution is -2.23. The van der Waals surface area contributed by atoms with Crippen molar-refractivity contribution in [2.45, 2.75) is 19.5 Å². The smallest absolute Gasteiger partial charge is 0.127 e. The molecule has 0 spiro atoms. The molecule has 2 rings (SSSR count). The summed E-state index contributed by atoms with van der Waals surface area (Å²) in [5.74, 6) is 1.05. The van der Waals surface area contributed by atoms with Gasteiger partial charge in [-0.25, -0.2) is 4.98 Å². The van der Waals surface area contributed by atoms with E-state index in [0.29, 0.717) is 6.04 Å². The van der Waals surface area contributed by atoms with Gasteiger partial charge in [-0.3, -0.25) is 0 Å². The third-order valence-corrected chi connectivity index (χ3v) is 4.10. The molecule has 0 radical (unpaired) electrons. The van der Waals surface area contributed by atoms with Crippen LogP contribution in [-0.4, -0.2) is 23.6 Å². The SMILES string of the molecule is CNC(C)c1ccc(Br)cc1N(C)Cc1nccn1C. The quantitative estimate of drug-likeness (QED) is 0.910. The summed E-state index contributed by atoms with van der Waals surface area (Å²) in [5, 5.41) is 3.30. The number of halogens is 1. The molecule has 0 fully saturated rings. The molecule has 1 N–H and O–H groups in total. The van der Waals surface area contributed by atoms with E-state index in [1.165, 1.54) is 11.3 Å². The van der Waals surface area contributed by atoms with Gasteiger partial charge in [-0.15, -0.1) is 0 Å². The monoisotopic (exact) mass is 336 g/mol. The van der Waals surface area contributed by atoms with E-state index in [1.807, 2.05) is 26.5 Å². The van der Waals surface area contributed by atoms with Gasteiger partial charge >= 0.3 is 0 Å². The number of hydrogen-bond donors (Lipinski definition) is 1. The number of aryl methyl sites for hydroxylation is 1. The van der Waals surface area contributed by atoms with Crippen LogP contribution in [0.2, 0.25) is 0 Å². The molecule has 0 aliphatic heterocycles. The minimum atomic E-state index is 0.307. The third kappa shape index (κ3) is 3.22. The van der Waals surface area contributed by atoms with E-state index in [4.69, 9.17) is 0 Å². The Bertz CT molecular complexity index is 579. The van der Waals surface area contributed by atoms with Gasteiger partial charge in [-0.2, -0.15) is 0 Å². The summed E-state index contributed by atoms with van der Waals surface area (Å²) in [7, 11) is 6.10. The Kier molecular flexibility index (Phi) is 4.83. The zero-order chi connectivity index (χ0) is 14.7. The van der Waals surface area contributed by atoms with E-state index >= 15 is 0 Å². The molecule has 0 aliphatic carbocycles. The highest BCUT2D eigenvalue weighted by Crippen LogP contribution is 2.29. The van der Waals surface area contributed by atoms with E-state index in [0.717, 1.165) is 16.8 Å². The molecule has 0 saturated carbocycles. The molecule has 0 bridgehead atoms. The molecule has 0 aliphatic rings. The highest BCUT2D eigenvalue weighted by atomic mass is 79.9. The van der Waals surface area contributed by atoms with Crippen LogP contribution in [0.3, 0.4) is 0 Å². The summed E-state index contributed by atoms with van der Waals surface area (Å²) in [6, 6.07) is 6.71. The van der Waals surface area contributed by atoms with Gasteiger partial charge in [0.25, 0.3) is 0 Å². The van der Waals surface area contributed by atoms with Gasteiger partial charge in [-0.1, -0.05) is 22.0 Å². The number of hydrogen-bond acceptors (Lipinski definition) is 3. The Morgan fingerprint density at radius 1 is 1.45 bits per heavy atom. The predicted molar refractivity (Wildman–Crippen MR) is 86.9 cm³/mol. The Balaban J connectivity index is 2.30. The molecule has 0 saturated heterocycles. The second-order valence-electron chi connectivity index (χ2n) is 5.02. The van der Waals surface area contributed by atoms with Crippen LogP contribution >= 0.6 is 15.9 Å². The molecule has 1 atom stereocenters. The van der Waals surface area contributed by atoms with Crippen molar-refractivity contribution < 1.29 is 0 Å². The Morgan fingerprint density at radius 2 is 2.20 bits per heavy atom. The second-order valence-corrected chi connectivity index (χ2v) is 5.94. The summed E-state index contributed by atoms with van der Waals surface area (Å²) < 4.78 is 3.14. The first-order valence-corrected chi connectivity index (χ1v) is 7.46. The topological polar surface area (TPSA) is 33.1 Å². The van der Waals surface area contributed by atoms with Gasteiger partial charge in [0.1, 0.15) is 5.82 Å². The minimum Gasteiger partial charge on any atom is -0.367 e. The fourth-order valence-corrected chi connectivity index (χ4v) is 2.56. The number of anilines is 1. The van der Waals surface area contributed by atoms with Gasteiger partial charge in [0.15, 0.2) is 0 Å². The molecule has 20 heavy (non-hydrogen) atoms. The van der Waals surface area contributed by atoms with Crippen molar-refractivity contribution in [3.63, 3.8) is 0 Å². The standard InChI is InChI=1S/C15H21BrN4/c1-11(17-2)13-6-5-12(16)9-14(13)20(4)10-15-18-7-8-19(15)3/h5-9,11,17H,10H2,1-4H3. The van der Waals surface area contributed by atoms with E-state index in [9.17, 15) is 0 Å². The zero-order valence-corrected chi connectivity index (χ0v) is 14.0. The van der Waals surface area contributed by atoms with Gasteiger partial charge in [0, 0.05) is 42.7 Å².